The number of imide groups is 1. The summed E-state index contributed by atoms with van der Waals surface area (Å²) in [7, 11) is 1.62. The van der Waals surface area contributed by atoms with E-state index in [-0.39, 0.29) is 5.91 Å². The summed E-state index contributed by atoms with van der Waals surface area (Å²) in [6.07, 6.45) is 0. The molecule has 1 atom stereocenters. The van der Waals surface area contributed by atoms with Crippen LogP contribution >= 0.6 is 0 Å². The van der Waals surface area contributed by atoms with Crippen molar-refractivity contribution in [1.82, 2.24) is 25.3 Å². The van der Waals surface area contributed by atoms with Crippen molar-refractivity contribution >= 4 is 17.6 Å². The fourth-order valence-corrected chi connectivity index (χ4v) is 4.17. The van der Waals surface area contributed by atoms with Crippen LogP contribution in [0.3, 0.4) is 0 Å². The van der Waals surface area contributed by atoms with Gasteiger partial charge in [0.25, 0.3) is 0 Å². The largest absolute Gasteiger partial charge is 0.497 e. The van der Waals surface area contributed by atoms with Crippen LogP contribution in [0.25, 0.3) is 11.4 Å². The second kappa shape index (κ2) is 11.3. The highest BCUT2D eigenvalue weighted by atomic mass is 16.5. The van der Waals surface area contributed by atoms with E-state index < -0.39 is 12.1 Å². The second-order valence-electron chi connectivity index (χ2n) is 8.99. The number of nitrogens with one attached hydrogen (secondary N) is 2. The molecule has 10 nitrogen and oxygen atoms in total. The zero-order valence-electron chi connectivity index (χ0n) is 21.1. The third kappa shape index (κ3) is 6.27. The molecule has 10 heteroatoms. The van der Waals surface area contributed by atoms with E-state index in [0.717, 1.165) is 35.5 Å². The topological polar surface area (TPSA) is 113 Å². The van der Waals surface area contributed by atoms with E-state index in [9.17, 15) is 9.59 Å². The summed E-state index contributed by atoms with van der Waals surface area (Å²) in [6.45, 7) is 9.12. The number of amides is 3. The van der Waals surface area contributed by atoms with Gasteiger partial charge in [-0.3, -0.25) is 19.9 Å². The normalized spacial score (nSPS) is 15.3. The Morgan fingerprint density at radius 3 is 2.47 bits per heavy atom. The summed E-state index contributed by atoms with van der Waals surface area (Å²) in [5.41, 5.74) is 3.60. The lowest BCUT2D eigenvalue weighted by molar-refractivity contribution is -0.125. The van der Waals surface area contributed by atoms with Crippen molar-refractivity contribution in [2.45, 2.75) is 33.4 Å². The number of hydrogen-bond acceptors (Lipinski definition) is 8. The Morgan fingerprint density at radius 1 is 1.08 bits per heavy atom. The lowest BCUT2D eigenvalue weighted by atomic mass is 10.1. The lowest BCUT2D eigenvalue weighted by Crippen LogP contribution is -2.54. The number of nitrogens with zero attached hydrogens (tertiary/aromatic N) is 4. The van der Waals surface area contributed by atoms with Gasteiger partial charge in [0.15, 0.2) is 0 Å². The number of ether oxygens (including phenoxy) is 1. The Bertz CT molecular complexity index is 1200. The summed E-state index contributed by atoms with van der Waals surface area (Å²) >= 11 is 0. The molecular weight excluding hydrogens is 460 g/mol. The van der Waals surface area contributed by atoms with Crippen LogP contribution in [0.5, 0.6) is 5.75 Å². The molecule has 0 bridgehead atoms. The molecule has 1 unspecified atom stereocenters. The molecule has 2 heterocycles. The van der Waals surface area contributed by atoms with Crippen LogP contribution in [0.4, 0.5) is 10.5 Å². The summed E-state index contributed by atoms with van der Waals surface area (Å²) < 4.78 is 10.6. The van der Waals surface area contributed by atoms with Crippen LogP contribution in [0, 0.1) is 13.8 Å². The Hall–Kier alpha value is -3.76. The first-order valence-corrected chi connectivity index (χ1v) is 11.9. The predicted octanol–water partition coefficient (Wildman–Crippen LogP) is 3.22. The summed E-state index contributed by atoms with van der Waals surface area (Å²) in [5, 5.41) is 9.30. The Labute approximate surface area is 210 Å². The average molecular weight is 493 g/mol. The maximum absolute atomic E-state index is 12.7. The molecule has 2 aromatic carbocycles. The molecule has 190 valence electrons. The minimum absolute atomic E-state index is 0.327. The maximum atomic E-state index is 12.7. The van der Waals surface area contributed by atoms with Gasteiger partial charge in [0.05, 0.1) is 19.7 Å². The van der Waals surface area contributed by atoms with Gasteiger partial charge in [-0.05, 0) is 56.7 Å². The van der Waals surface area contributed by atoms with Gasteiger partial charge in [0.1, 0.15) is 5.75 Å². The van der Waals surface area contributed by atoms with Crippen LogP contribution < -0.4 is 15.4 Å². The standard InChI is InChI=1S/C26H32N6O4/c1-17-5-10-22(18(2)15-17)27-26(34)29-25(33)19(3)32-13-11-31(12-14-32)16-23-28-24(30-36-23)20-6-8-21(35-4)9-7-20/h5-10,15,19H,11-14,16H2,1-4H3,(H2,27,29,33,34). The molecule has 0 spiro atoms. The van der Waals surface area contributed by atoms with Crippen molar-refractivity contribution in [3.8, 4) is 17.1 Å². The molecule has 36 heavy (non-hydrogen) atoms. The van der Waals surface area contributed by atoms with Crippen LogP contribution in [-0.4, -0.2) is 71.2 Å². The maximum Gasteiger partial charge on any atom is 0.325 e. The lowest BCUT2D eigenvalue weighted by Gasteiger charge is -2.36. The first kappa shape index (κ1) is 25.3. The fourth-order valence-electron chi connectivity index (χ4n) is 4.17. The minimum Gasteiger partial charge on any atom is -0.497 e. The van der Waals surface area contributed by atoms with Crippen LogP contribution in [0.1, 0.15) is 23.9 Å². The first-order valence-electron chi connectivity index (χ1n) is 11.9. The molecule has 1 aliphatic rings. The SMILES string of the molecule is COc1ccc(-c2noc(CN3CCN(C(C)C(=O)NC(=O)Nc4ccc(C)cc4C)CC3)n2)cc1. The smallest absolute Gasteiger partial charge is 0.325 e. The number of aromatic nitrogens is 2. The molecule has 1 aromatic heterocycles. The van der Waals surface area contributed by atoms with Gasteiger partial charge in [0.2, 0.25) is 17.6 Å². The molecule has 3 amide bonds. The van der Waals surface area contributed by atoms with E-state index in [1.165, 1.54) is 0 Å². The van der Waals surface area contributed by atoms with Gasteiger partial charge >= 0.3 is 6.03 Å². The highest BCUT2D eigenvalue weighted by Gasteiger charge is 2.27. The van der Waals surface area contributed by atoms with Crippen molar-refractivity contribution in [3.63, 3.8) is 0 Å². The van der Waals surface area contributed by atoms with Crippen molar-refractivity contribution < 1.29 is 18.8 Å². The van der Waals surface area contributed by atoms with E-state index in [4.69, 9.17) is 9.26 Å². The molecule has 1 saturated heterocycles. The monoisotopic (exact) mass is 492 g/mol. The molecule has 1 fully saturated rings. The number of urea groups is 1. The Balaban J connectivity index is 1.23. The second-order valence-corrected chi connectivity index (χ2v) is 8.99. The zero-order valence-corrected chi connectivity index (χ0v) is 21.1. The van der Waals surface area contributed by atoms with Gasteiger partial charge in [-0.1, -0.05) is 22.9 Å². The van der Waals surface area contributed by atoms with E-state index in [1.54, 1.807) is 7.11 Å². The Morgan fingerprint density at radius 2 is 1.81 bits per heavy atom. The minimum atomic E-state index is -0.526. The molecule has 1 aliphatic heterocycles. The predicted molar refractivity (Wildman–Crippen MR) is 136 cm³/mol. The highest BCUT2D eigenvalue weighted by Crippen LogP contribution is 2.20. The number of methoxy groups -OCH3 is 1. The number of piperazine rings is 1. The van der Waals surface area contributed by atoms with Crippen LogP contribution in [0.2, 0.25) is 0 Å². The van der Waals surface area contributed by atoms with Gasteiger partial charge in [-0.15, -0.1) is 0 Å². The van der Waals surface area contributed by atoms with Crippen molar-refractivity contribution in [1.29, 1.82) is 0 Å². The van der Waals surface area contributed by atoms with Crippen molar-refractivity contribution in [3.05, 3.63) is 59.5 Å². The van der Waals surface area contributed by atoms with E-state index in [0.29, 0.717) is 37.0 Å². The number of rotatable bonds is 7. The fraction of sp³-hybridized carbons (Fsp3) is 0.385. The number of carbonyl (C=O) groups is 2. The van der Waals surface area contributed by atoms with E-state index >= 15 is 0 Å². The zero-order chi connectivity index (χ0) is 25.7. The molecule has 2 N–H and O–H groups in total. The van der Waals surface area contributed by atoms with Crippen molar-refractivity contribution in [2.75, 3.05) is 38.6 Å². The molecule has 4 rings (SSSR count). The highest BCUT2D eigenvalue weighted by molar-refractivity contribution is 6.03. The van der Waals surface area contributed by atoms with Gasteiger partial charge in [0, 0.05) is 37.4 Å². The number of anilines is 1. The quantitative estimate of drug-likeness (QED) is 0.517. The average Bonchev–Trinajstić information content (AvgIpc) is 3.34. The number of benzene rings is 2. The third-order valence-electron chi connectivity index (χ3n) is 6.38. The van der Waals surface area contributed by atoms with Crippen LogP contribution in [-0.2, 0) is 11.3 Å². The molecular formula is C26H32N6O4. The summed E-state index contributed by atoms with van der Waals surface area (Å²) in [5.74, 6) is 1.52. The summed E-state index contributed by atoms with van der Waals surface area (Å²) in [6, 6.07) is 12.3. The van der Waals surface area contributed by atoms with Crippen LogP contribution in [0.15, 0.2) is 47.0 Å². The number of hydrogen-bond donors (Lipinski definition) is 2. The third-order valence-corrected chi connectivity index (χ3v) is 6.38. The van der Waals surface area contributed by atoms with E-state index in [1.807, 2.05) is 63.2 Å². The molecule has 0 saturated carbocycles. The van der Waals surface area contributed by atoms with E-state index in [2.05, 4.69) is 30.6 Å². The molecule has 3 aromatic rings. The van der Waals surface area contributed by atoms with Crippen molar-refractivity contribution in [2.24, 2.45) is 0 Å². The van der Waals surface area contributed by atoms with Gasteiger partial charge in [-0.25, -0.2) is 4.79 Å². The molecule has 0 radical (unpaired) electrons. The summed E-state index contributed by atoms with van der Waals surface area (Å²) in [4.78, 5) is 33.8. The van der Waals surface area contributed by atoms with Gasteiger partial charge in [-0.2, -0.15) is 4.98 Å². The van der Waals surface area contributed by atoms with Gasteiger partial charge < -0.3 is 14.6 Å². The molecule has 0 aliphatic carbocycles. The first-order chi connectivity index (χ1) is 17.3. The number of aryl methyl sites for hydroxylation is 2. The Kier molecular flexibility index (Phi) is 7.97. The number of carbonyl (C=O) groups excluding carboxylic acids is 2.